The summed E-state index contributed by atoms with van der Waals surface area (Å²) in [5.41, 5.74) is 0. The highest BCUT2D eigenvalue weighted by molar-refractivity contribution is 4.54. The second-order valence-corrected chi connectivity index (χ2v) is 3.71. The number of aliphatic hydroxyl groups is 2. The Morgan fingerprint density at radius 1 is 1.06 bits per heavy atom. The molecule has 0 aromatic carbocycles. The molecular weight excluding hydrogens is 214 g/mol. The molecule has 2 unspecified atom stereocenters. The molecule has 0 heterocycles. The molecule has 0 aliphatic carbocycles. The average molecular weight is 237 g/mol. The predicted molar refractivity (Wildman–Crippen MR) is 58.4 cm³/mol. The van der Waals surface area contributed by atoms with Crippen LogP contribution in [0.1, 0.15) is 13.3 Å². The van der Waals surface area contributed by atoms with E-state index in [2.05, 4.69) is 0 Å². The van der Waals surface area contributed by atoms with Crippen LogP contribution < -0.4 is 0 Å². The molecule has 0 aromatic rings. The van der Waals surface area contributed by atoms with Crippen LogP contribution in [0.2, 0.25) is 0 Å². The van der Waals surface area contributed by atoms with Gasteiger partial charge in [-0.15, -0.1) is 0 Å². The van der Waals surface area contributed by atoms with Crippen molar-refractivity contribution in [1.82, 2.24) is 5.06 Å². The van der Waals surface area contributed by atoms with Gasteiger partial charge in [-0.05, 0) is 6.42 Å². The lowest BCUT2D eigenvalue weighted by atomic mass is 10.3. The summed E-state index contributed by atoms with van der Waals surface area (Å²) in [5, 5.41) is 28.2. The van der Waals surface area contributed by atoms with E-state index in [0.717, 1.165) is 5.06 Å². The van der Waals surface area contributed by atoms with Crippen molar-refractivity contribution >= 4 is 0 Å². The molecule has 0 saturated carbocycles. The summed E-state index contributed by atoms with van der Waals surface area (Å²) in [6.45, 7) is 3.25. The number of ether oxygens (including phenoxy) is 2. The number of hydroxylamine groups is 2. The van der Waals surface area contributed by atoms with Gasteiger partial charge < -0.3 is 24.9 Å². The van der Waals surface area contributed by atoms with Crippen LogP contribution in [0.15, 0.2) is 0 Å². The van der Waals surface area contributed by atoms with Crippen molar-refractivity contribution < 1.29 is 24.9 Å². The Hall–Kier alpha value is -0.240. The quantitative estimate of drug-likeness (QED) is 0.350. The maximum absolute atomic E-state index is 9.29. The van der Waals surface area contributed by atoms with Gasteiger partial charge in [0.1, 0.15) is 0 Å². The molecule has 0 bridgehead atoms. The fourth-order valence-electron chi connectivity index (χ4n) is 1.03. The highest BCUT2D eigenvalue weighted by Gasteiger charge is 2.06. The number of aliphatic hydroxyl groups excluding tert-OH is 2. The first-order chi connectivity index (χ1) is 7.56. The minimum Gasteiger partial charge on any atom is -0.391 e. The zero-order chi connectivity index (χ0) is 12.4. The third-order valence-corrected chi connectivity index (χ3v) is 1.94. The molecule has 3 N–H and O–H groups in total. The van der Waals surface area contributed by atoms with Crippen LogP contribution in [0.5, 0.6) is 0 Å². The van der Waals surface area contributed by atoms with Gasteiger partial charge in [-0.25, -0.2) is 0 Å². The van der Waals surface area contributed by atoms with Gasteiger partial charge in [0.25, 0.3) is 0 Å². The maximum Gasteiger partial charge on any atom is 0.0923 e. The van der Waals surface area contributed by atoms with Crippen molar-refractivity contribution in [2.24, 2.45) is 0 Å². The van der Waals surface area contributed by atoms with Crippen molar-refractivity contribution in [2.75, 3.05) is 40.0 Å². The monoisotopic (exact) mass is 237 g/mol. The molecule has 2 atom stereocenters. The van der Waals surface area contributed by atoms with E-state index in [-0.39, 0.29) is 13.2 Å². The van der Waals surface area contributed by atoms with Crippen LogP contribution in [0.3, 0.4) is 0 Å². The summed E-state index contributed by atoms with van der Waals surface area (Å²) in [7, 11) is 1.46. The van der Waals surface area contributed by atoms with Crippen LogP contribution >= 0.6 is 0 Å². The Morgan fingerprint density at radius 3 is 2.00 bits per heavy atom. The number of rotatable bonds is 10. The molecule has 0 rings (SSSR count). The van der Waals surface area contributed by atoms with Gasteiger partial charge in [-0.1, -0.05) is 6.92 Å². The summed E-state index contributed by atoms with van der Waals surface area (Å²) in [6.07, 6.45) is -0.465. The van der Waals surface area contributed by atoms with E-state index in [1.54, 1.807) is 0 Å². The molecule has 0 aromatic heterocycles. The van der Waals surface area contributed by atoms with E-state index >= 15 is 0 Å². The Balaban J connectivity index is 3.20. The Labute approximate surface area is 96.3 Å². The third kappa shape index (κ3) is 10.3. The highest BCUT2D eigenvalue weighted by atomic mass is 16.5. The van der Waals surface area contributed by atoms with Gasteiger partial charge in [-0.2, -0.15) is 5.06 Å². The SMILES string of the molecule is CCC(O)COCCOCC(O)CN(C)O. The summed E-state index contributed by atoms with van der Waals surface area (Å²) in [4.78, 5) is 0. The molecular formula is C10H23NO5. The fourth-order valence-corrected chi connectivity index (χ4v) is 1.03. The van der Waals surface area contributed by atoms with E-state index in [9.17, 15) is 5.11 Å². The van der Waals surface area contributed by atoms with Crippen LogP contribution in [0, 0.1) is 0 Å². The van der Waals surface area contributed by atoms with Crippen LogP contribution in [0.25, 0.3) is 0 Å². The van der Waals surface area contributed by atoms with Crippen molar-refractivity contribution in [3.8, 4) is 0 Å². The molecule has 6 heteroatoms. The highest BCUT2D eigenvalue weighted by Crippen LogP contribution is 1.92. The van der Waals surface area contributed by atoms with E-state index in [1.807, 2.05) is 6.92 Å². The lowest BCUT2D eigenvalue weighted by molar-refractivity contribution is -0.104. The van der Waals surface area contributed by atoms with Crippen LogP contribution in [0.4, 0.5) is 0 Å². The topological polar surface area (TPSA) is 82.4 Å². The van der Waals surface area contributed by atoms with Gasteiger partial charge in [-0.3, -0.25) is 0 Å². The first kappa shape index (κ1) is 15.8. The average Bonchev–Trinajstić information content (AvgIpc) is 2.21. The first-order valence-electron chi connectivity index (χ1n) is 5.47. The largest absolute Gasteiger partial charge is 0.391 e. The normalized spacial score (nSPS) is 15.4. The minimum atomic E-state index is -0.712. The molecule has 0 saturated heterocycles. The third-order valence-electron chi connectivity index (χ3n) is 1.94. The van der Waals surface area contributed by atoms with Crippen LogP contribution in [-0.4, -0.2) is 72.7 Å². The molecule has 0 aliphatic rings. The lowest BCUT2D eigenvalue weighted by Crippen LogP contribution is -2.30. The van der Waals surface area contributed by atoms with Crippen molar-refractivity contribution in [1.29, 1.82) is 0 Å². The summed E-state index contributed by atoms with van der Waals surface area (Å²) in [6, 6.07) is 0. The molecule has 16 heavy (non-hydrogen) atoms. The molecule has 0 fully saturated rings. The van der Waals surface area contributed by atoms with Crippen molar-refractivity contribution in [3.63, 3.8) is 0 Å². The standard InChI is InChI=1S/C10H23NO5/c1-3-9(12)7-15-4-5-16-8-10(13)6-11(2)14/h9-10,12-14H,3-8H2,1-2H3. The van der Waals surface area contributed by atoms with Gasteiger partial charge in [0.15, 0.2) is 0 Å². The van der Waals surface area contributed by atoms with Gasteiger partial charge in [0, 0.05) is 7.05 Å². The number of likely N-dealkylation sites (N-methyl/N-ethyl adjacent to an activating group) is 1. The molecule has 0 aliphatic heterocycles. The van der Waals surface area contributed by atoms with E-state index in [1.165, 1.54) is 7.05 Å². The van der Waals surface area contributed by atoms with Gasteiger partial charge >= 0.3 is 0 Å². The number of hydrogen-bond acceptors (Lipinski definition) is 6. The molecule has 6 nitrogen and oxygen atoms in total. The van der Waals surface area contributed by atoms with Crippen molar-refractivity contribution in [3.05, 3.63) is 0 Å². The summed E-state index contributed by atoms with van der Waals surface area (Å²) in [5.74, 6) is 0. The molecule has 0 amide bonds. The fraction of sp³-hybridized carbons (Fsp3) is 1.00. The summed E-state index contributed by atoms with van der Waals surface area (Å²) < 4.78 is 10.3. The van der Waals surface area contributed by atoms with E-state index in [0.29, 0.717) is 26.2 Å². The number of nitrogens with zero attached hydrogens (tertiary/aromatic N) is 1. The zero-order valence-corrected chi connectivity index (χ0v) is 10.0. The summed E-state index contributed by atoms with van der Waals surface area (Å²) >= 11 is 0. The van der Waals surface area contributed by atoms with E-state index < -0.39 is 12.2 Å². The first-order valence-corrected chi connectivity index (χ1v) is 5.47. The van der Waals surface area contributed by atoms with Gasteiger partial charge in [0.05, 0.1) is 45.2 Å². The Kier molecular flexibility index (Phi) is 9.80. The Bertz CT molecular complexity index is 156. The number of hydrogen-bond donors (Lipinski definition) is 3. The Morgan fingerprint density at radius 2 is 1.56 bits per heavy atom. The molecule has 0 spiro atoms. The minimum absolute atomic E-state index is 0.148. The lowest BCUT2D eigenvalue weighted by Gasteiger charge is -2.15. The second kappa shape index (κ2) is 9.95. The smallest absolute Gasteiger partial charge is 0.0923 e. The second-order valence-electron chi connectivity index (χ2n) is 3.71. The maximum atomic E-state index is 9.29. The van der Waals surface area contributed by atoms with Crippen LogP contribution in [-0.2, 0) is 9.47 Å². The van der Waals surface area contributed by atoms with E-state index in [4.69, 9.17) is 19.8 Å². The molecule has 98 valence electrons. The zero-order valence-electron chi connectivity index (χ0n) is 10.0. The molecule has 0 radical (unpaired) electrons. The predicted octanol–water partition coefficient (Wildman–Crippen LogP) is -0.528. The van der Waals surface area contributed by atoms with Gasteiger partial charge in [0.2, 0.25) is 0 Å². The van der Waals surface area contributed by atoms with Crippen molar-refractivity contribution in [2.45, 2.75) is 25.6 Å².